The van der Waals surface area contributed by atoms with Crippen LogP contribution in [0.15, 0.2) is 24.3 Å². The molecule has 0 heterocycles. The lowest BCUT2D eigenvalue weighted by molar-refractivity contribution is 0.0956. The number of carbonyl (C=O) groups is 1. The Hall–Kier alpha value is -1.51. The normalized spacial score (nSPS) is 28.4. The Morgan fingerprint density at radius 2 is 2.21 bits per heavy atom. The minimum atomic E-state index is 0.0130. The van der Waals surface area contributed by atoms with E-state index in [2.05, 4.69) is 16.7 Å². The Morgan fingerprint density at radius 3 is 2.89 bits per heavy atom. The largest absolute Gasteiger partial charge is 0.382 e. The van der Waals surface area contributed by atoms with E-state index in [1.54, 1.807) is 0 Å². The number of anilines is 1. The molecule has 2 aliphatic carbocycles. The summed E-state index contributed by atoms with van der Waals surface area (Å²) in [6.45, 7) is 2.61. The molecule has 2 aliphatic rings. The van der Waals surface area contributed by atoms with Gasteiger partial charge in [-0.3, -0.25) is 4.79 Å². The molecule has 0 saturated heterocycles. The van der Waals surface area contributed by atoms with E-state index in [-0.39, 0.29) is 5.91 Å². The van der Waals surface area contributed by atoms with Gasteiger partial charge in [0.1, 0.15) is 0 Å². The predicted molar refractivity (Wildman–Crippen MR) is 77.3 cm³/mol. The maximum atomic E-state index is 11.8. The van der Waals surface area contributed by atoms with E-state index < -0.39 is 0 Å². The first-order valence-corrected chi connectivity index (χ1v) is 7.41. The molecule has 1 aromatic rings. The van der Waals surface area contributed by atoms with E-state index in [4.69, 9.17) is 0 Å². The number of nitrogens with one attached hydrogen (secondary N) is 2. The minimum absolute atomic E-state index is 0.0130. The van der Waals surface area contributed by atoms with Gasteiger partial charge in [0.05, 0.1) is 0 Å². The molecule has 3 atom stereocenters. The zero-order chi connectivity index (χ0) is 13.2. The zero-order valence-corrected chi connectivity index (χ0v) is 11.5. The molecule has 2 N–H and O–H groups in total. The highest BCUT2D eigenvalue weighted by atomic mass is 16.1. The second-order valence-electron chi connectivity index (χ2n) is 5.87. The number of benzene rings is 1. The molecule has 3 rings (SSSR count). The van der Waals surface area contributed by atoms with Crippen molar-refractivity contribution in [1.82, 2.24) is 5.32 Å². The third kappa shape index (κ3) is 2.60. The number of hydrogen-bond donors (Lipinski definition) is 2. The van der Waals surface area contributed by atoms with Gasteiger partial charge in [0.2, 0.25) is 0 Å². The van der Waals surface area contributed by atoms with Gasteiger partial charge < -0.3 is 10.6 Å². The van der Waals surface area contributed by atoms with Crippen LogP contribution in [0.2, 0.25) is 0 Å². The summed E-state index contributed by atoms with van der Waals surface area (Å²) in [5.74, 6) is 1.80. The fourth-order valence-electron chi connectivity index (χ4n) is 3.65. The molecule has 19 heavy (non-hydrogen) atoms. The summed E-state index contributed by atoms with van der Waals surface area (Å²) in [5.41, 5.74) is 1.83. The number of carbonyl (C=O) groups excluding carboxylic acids is 1. The van der Waals surface area contributed by atoms with Crippen molar-refractivity contribution in [1.29, 1.82) is 0 Å². The molecule has 3 nitrogen and oxygen atoms in total. The minimum Gasteiger partial charge on any atom is -0.382 e. The molecule has 0 aliphatic heterocycles. The van der Waals surface area contributed by atoms with E-state index in [1.807, 2.05) is 25.1 Å². The fourth-order valence-corrected chi connectivity index (χ4v) is 3.65. The summed E-state index contributed by atoms with van der Waals surface area (Å²) in [4.78, 5) is 11.8. The molecule has 1 amide bonds. The van der Waals surface area contributed by atoms with Crippen molar-refractivity contribution in [2.24, 2.45) is 11.8 Å². The lowest BCUT2D eigenvalue weighted by Crippen LogP contribution is -2.26. The summed E-state index contributed by atoms with van der Waals surface area (Å²) < 4.78 is 0. The van der Waals surface area contributed by atoms with Crippen molar-refractivity contribution in [2.75, 3.05) is 11.9 Å². The van der Waals surface area contributed by atoms with Crippen LogP contribution in [0.4, 0.5) is 5.69 Å². The summed E-state index contributed by atoms with van der Waals surface area (Å²) in [7, 11) is 0. The van der Waals surface area contributed by atoms with Crippen molar-refractivity contribution in [3.05, 3.63) is 29.8 Å². The van der Waals surface area contributed by atoms with Crippen molar-refractivity contribution >= 4 is 11.6 Å². The first kappa shape index (κ1) is 12.5. The van der Waals surface area contributed by atoms with Crippen LogP contribution in [0.1, 0.15) is 43.0 Å². The van der Waals surface area contributed by atoms with Crippen LogP contribution in [-0.2, 0) is 0 Å². The van der Waals surface area contributed by atoms with Crippen LogP contribution >= 0.6 is 0 Å². The summed E-state index contributed by atoms with van der Waals surface area (Å²) in [6.07, 6.45) is 5.49. The number of amides is 1. The van der Waals surface area contributed by atoms with E-state index in [0.717, 1.165) is 23.1 Å². The first-order chi connectivity index (χ1) is 9.26. The lowest BCUT2D eigenvalue weighted by atomic mass is 9.95. The SMILES string of the molecule is CCNC(=O)c1cccc(NC2CC3CCC2C3)c1. The topological polar surface area (TPSA) is 41.1 Å². The number of rotatable bonds is 4. The van der Waals surface area contributed by atoms with E-state index in [0.29, 0.717) is 12.6 Å². The Morgan fingerprint density at radius 1 is 1.32 bits per heavy atom. The van der Waals surface area contributed by atoms with Crippen LogP contribution in [0.3, 0.4) is 0 Å². The summed E-state index contributed by atoms with van der Waals surface area (Å²) >= 11 is 0. The molecule has 2 saturated carbocycles. The highest BCUT2D eigenvalue weighted by Crippen LogP contribution is 2.45. The van der Waals surface area contributed by atoms with Gasteiger partial charge in [0, 0.05) is 23.8 Å². The molecule has 0 aromatic heterocycles. The summed E-state index contributed by atoms with van der Waals surface area (Å²) in [5, 5.41) is 6.47. The average Bonchev–Trinajstić information content (AvgIpc) is 3.02. The van der Waals surface area contributed by atoms with Crippen molar-refractivity contribution in [2.45, 2.75) is 38.6 Å². The molecule has 2 bridgehead atoms. The maximum absolute atomic E-state index is 11.8. The van der Waals surface area contributed by atoms with E-state index in [1.165, 1.54) is 25.7 Å². The van der Waals surface area contributed by atoms with Gasteiger partial charge in [-0.05, 0) is 56.2 Å². The highest BCUT2D eigenvalue weighted by molar-refractivity contribution is 5.95. The highest BCUT2D eigenvalue weighted by Gasteiger charge is 2.39. The van der Waals surface area contributed by atoms with Crippen molar-refractivity contribution in [3.63, 3.8) is 0 Å². The van der Waals surface area contributed by atoms with Crippen LogP contribution in [0.5, 0.6) is 0 Å². The first-order valence-electron chi connectivity index (χ1n) is 7.41. The quantitative estimate of drug-likeness (QED) is 0.871. The van der Waals surface area contributed by atoms with Crippen LogP contribution < -0.4 is 10.6 Å². The lowest BCUT2D eigenvalue weighted by Gasteiger charge is -2.24. The van der Waals surface area contributed by atoms with Crippen LogP contribution in [0.25, 0.3) is 0 Å². The Bertz CT molecular complexity index is 472. The van der Waals surface area contributed by atoms with Gasteiger partial charge in [-0.15, -0.1) is 0 Å². The zero-order valence-electron chi connectivity index (χ0n) is 11.5. The van der Waals surface area contributed by atoms with Gasteiger partial charge in [0.25, 0.3) is 5.91 Å². The Labute approximate surface area is 114 Å². The second-order valence-corrected chi connectivity index (χ2v) is 5.87. The van der Waals surface area contributed by atoms with Gasteiger partial charge >= 0.3 is 0 Å². The van der Waals surface area contributed by atoms with Gasteiger partial charge in [0.15, 0.2) is 0 Å². The van der Waals surface area contributed by atoms with Crippen molar-refractivity contribution in [3.8, 4) is 0 Å². The molecule has 3 unspecified atom stereocenters. The van der Waals surface area contributed by atoms with Gasteiger partial charge in [-0.25, -0.2) is 0 Å². The van der Waals surface area contributed by atoms with Gasteiger partial charge in [-0.2, -0.15) is 0 Å². The maximum Gasteiger partial charge on any atom is 0.251 e. The molecule has 0 radical (unpaired) electrons. The number of fused-ring (bicyclic) bond motifs is 2. The number of hydrogen-bond acceptors (Lipinski definition) is 2. The molecule has 0 spiro atoms. The third-order valence-corrected chi connectivity index (χ3v) is 4.55. The second kappa shape index (κ2) is 5.24. The standard InChI is InChI=1S/C16H22N2O/c1-2-17-16(19)13-4-3-5-14(10-13)18-15-9-11-6-7-12(15)8-11/h3-5,10-12,15,18H,2,6-9H2,1H3,(H,17,19). The predicted octanol–water partition coefficient (Wildman–Crippen LogP) is 3.04. The van der Waals surface area contributed by atoms with Gasteiger partial charge in [-0.1, -0.05) is 12.5 Å². The van der Waals surface area contributed by atoms with Crippen molar-refractivity contribution < 1.29 is 4.79 Å². The van der Waals surface area contributed by atoms with E-state index in [9.17, 15) is 4.79 Å². The summed E-state index contributed by atoms with van der Waals surface area (Å²) in [6, 6.07) is 8.48. The fraction of sp³-hybridized carbons (Fsp3) is 0.562. The average molecular weight is 258 g/mol. The smallest absolute Gasteiger partial charge is 0.251 e. The monoisotopic (exact) mass is 258 g/mol. The molecular formula is C16H22N2O. The van der Waals surface area contributed by atoms with Crippen LogP contribution in [-0.4, -0.2) is 18.5 Å². The molecule has 2 fully saturated rings. The Kier molecular flexibility index (Phi) is 3.45. The Balaban J connectivity index is 1.68. The van der Waals surface area contributed by atoms with Crippen LogP contribution in [0, 0.1) is 11.8 Å². The third-order valence-electron chi connectivity index (χ3n) is 4.55. The van der Waals surface area contributed by atoms with E-state index >= 15 is 0 Å². The molecule has 1 aromatic carbocycles. The molecular weight excluding hydrogens is 236 g/mol. The molecule has 3 heteroatoms. The molecule has 102 valence electrons.